The maximum absolute atomic E-state index is 12.9. The van der Waals surface area contributed by atoms with E-state index in [4.69, 9.17) is 0 Å². The van der Waals surface area contributed by atoms with Crippen molar-refractivity contribution in [3.05, 3.63) is 71.8 Å². The molecule has 0 saturated heterocycles. The molecule has 0 atom stereocenters. The van der Waals surface area contributed by atoms with Crippen LogP contribution in [0.1, 0.15) is 29.5 Å². The largest absolute Gasteiger partial charge is 0.335 e. The van der Waals surface area contributed by atoms with E-state index in [2.05, 4.69) is 46.6 Å². The van der Waals surface area contributed by atoms with Gasteiger partial charge in [0.05, 0.1) is 11.4 Å². The molecule has 0 bridgehead atoms. The minimum Gasteiger partial charge on any atom is -0.335 e. The number of imidazole rings is 1. The first-order valence-electron chi connectivity index (χ1n) is 9.54. The standard InChI is InChI=1S/C22H24N4OS/c1-16-5-6-17(2)20(12-16)25-11-10-24-22(25)28-15-21(27)26(19-7-8-19)14-18-4-3-9-23-13-18/h3-6,9-13,19H,7-8,14-15H2,1-2H3. The number of rotatable bonds is 7. The zero-order valence-electron chi connectivity index (χ0n) is 16.2. The van der Waals surface area contributed by atoms with Crippen LogP contribution in [0, 0.1) is 13.8 Å². The van der Waals surface area contributed by atoms with E-state index in [1.54, 1.807) is 12.4 Å². The normalized spacial score (nSPS) is 13.5. The van der Waals surface area contributed by atoms with Crippen LogP contribution in [-0.2, 0) is 11.3 Å². The van der Waals surface area contributed by atoms with Crippen molar-refractivity contribution in [1.82, 2.24) is 19.4 Å². The summed E-state index contributed by atoms with van der Waals surface area (Å²) in [5.41, 5.74) is 4.58. The van der Waals surface area contributed by atoms with Crippen LogP contribution < -0.4 is 0 Å². The van der Waals surface area contributed by atoms with E-state index in [0.29, 0.717) is 18.3 Å². The van der Waals surface area contributed by atoms with Crippen LogP contribution in [-0.4, -0.2) is 37.1 Å². The van der Waals surface area contributed by atoms with E-state index in [1.807, 2.05) is 29.4 Å². The highest BCUT2D eigenvalue weighted by Crippen LogP contribution is 2.30. The highest BCUT2D eigenvalue weighted by molar-refractivity contribution is 7.99. The third-order valence-electron chi connectivity index (χ3n) is 4.94. The molecular formula is C22H24N4OS. The molecule has 6 heteroatoms. The number of benzene rings is 1. The molecule has 0 N–H and O–H groups in total. The number of thioether (sulfide) groups is 1. The fourth-order valence-corrected chi connectivity index (χ4v) is 4.12. The summed E-state index contributed by atoms with van der Waals surface area (Å²) < 4.78 is 2.07. The van der Waals surface area contributed by atoms with Gasteiger partial charge < -0.3 is 4.90 Å². The second-order valence-electron chi connectivity index (χ2n) is 7.27. The summed E-state index contributed by atoms with van der Waals surface area (Å²) in [4.78, 5) is 23.6. The van der Waals surface area contributed by atoms with E-state index in [1.165, 1.54) is 22.9 Å². The molecule has 2 heterocycles. The number of carbonyl (C=O) groups is 1. The molecule has 1 aromatic carbocycles. The van der Waals surface area contributed by atoms with Crippen LogP contribution in [0.5, 0.6) is 0 Å². The van der Waals surface area contributed by atoms with Crippen molar-refractivity contribution in [2.45, 2.75) is 44.4 Å². The Hall–Kier alpha value is -2.60. The molecule has 1 saturated carbocycles. The van der Waals surface area contributed by atoms with Gasteiger partial charge in [0.1, 0.15) is 0 Å². The average molecular weight is 393 g/mol. The van der Waals surface area contributed by atoms with Gasteiger partial charge in [0.15, 0.2) is 5.16 Å². The summed E-state index contributed by atoms with van der Waals surface area (Å²) in [6.45, 7) is 4.81. The molecule has 0 aliphatic heterocycles. The van der Waals surface area contributed by atoms with Crippen LogP contribution in [0.2, 0.25) is 0 Å². The van der Waals surface area contributed by atoms with Gasteiger partial charge >= 0.3 is 0 Å². The van der Waals surface area contributed by atoms with Crippen molar-refractivity contribution in [2.24, 2.45) is 0 Å². The minimum absolute atomic E-state index is 0.159. The Kier molecular flexibility index (Phi) is 5.48. The van der Waals surface area contributed by atoms with E-state index in [0.717, 1.165) is 29.2 Å². The molecule has 1 amide bonds. The Morgan fingerprint density at radius 3 is 2.86 bits per heavy atom. The lowest BCUT2D eigenvalue weighted by Crippen LogP contribution is -2.34. The number of pyridine rings is 1. The Balaban J connectivity index is 1.46. The molecule has 4 rings (SSSR count). The van der Waals surface area contributed by atoms with Crippen molar-refractivity contribution in [3.63, 3.8) is 0 Å². The first-order valence-corrected chi connectivity index (χ1v) is 10.5. The molecule has 0 unspecified atom stereocenters. The van der Waals surface area contributed by atoms with E-state index < -0.39 is 0 Å². The van der Waals surface area contributed by atoms with Crippen molar-refractivity contribution < 1.29 is 4.79 Å². The summed E-state index contributed by atoms with van der Waals surface area (Å²) in [6, 6.07) is 10.7. The topological polar surface area (TPSA) is 51.0 Å². The number of nitrogens with zero attached hydrogens (tertiary/aromatic N) is 4. The van der Waals surface area contributed by atoms with Crippen molar-refractivity contribution in [3.8, 4) is 5.69 Å². The maximum atomic E-state index is 12.9. The van der Waals surface area contributed by atoms with Gasteiger partial charge in [0.25, 0.3) is 0 Å². The van der Waals surface area contributed by atoms with Crippen molar-refractivity contribution >= 4 is 17.7 Å². The zero-order valence-corrected chi connectivity index (χ0v) is 17.0. The summed E-state index contributed by atoms with van der Waals surface area (Å²) >= 11 is 1.50. The lowest BCUT2D eigenvalue weighted by atomic mass is 10.1. The highest BCUT2D eigenvalue weighted by atomic mass is 32.2. The maximum Gasteiger partial charge on any atom is 0.233 e. The van der Waals surface area contributed by atoms with Crippen molar-refractivity contribution in [1.29, 1.82) is 0 Å². The summed E-state index contributed by atoms with van der Waals surface area (Å²) in [7, 11) is 0. The molecule has 1 fully saturated rings. The molecule has 5 nitrogen and oxygen atoms in total. The molecule has 144 valence electrons. The SMILES string of the molecule is Cc1ccc(C)c(-n2ccnc2SCC(=O)N(Cc2cccnc2)C2CC2)c1. The molecule has 1 aliphatic carbocycles. The van der Waals surface area contributed by atoms with Crippen LogP contribution in [0.25, 0.3) is 5.69 Å². The number of aryl methyl sites for hydroxylation is 2. The molecule has 1 aliphatic rings. The number of hydrogen-bond acceptors (Lipinski definition) is 4. The smallest absolute Gasteiger partial charge is 0.233 e. The Bertz CT molecular complexity index is 966. The number of carbonyl (C=O) groups excluding carboxylic acids is 1. The number of aromatic nitrogens is 3. The quantitative estimate of drug-likeness (QED) is 0.567. The minimum atomic E-state index is 0.159. The van der Waals surface area contributed by atoms with Crippen LogP contribution >= 0.6 is 11.8 Å². The van der Waals surface area contributed by atoms with Gasteiger partial charge in [-0.2, -0.15) is 0 Å². The predicted octanol–water partition coefficient (Wildman–Crippen LogP) is 4.17. The van der Waals surface area contributed by atoms with E-state index >= 15 is 0 Å². The number of hydrogen-bond donors (Lipinski definition) is 0. The van der Waals surface area contributed by atoms with E-state index in [9.17, 15) is 4.79 Å². The third kappa shape index (κ3) is 4.28. The van der Waals surface area contributed by atoms with Gasteiger partial charge in [-0.25, -0.2) is 4.98 Å². The third-order valence-corrected chi connectivity index (χ3v) is 5.89. The van der Waals surface area contributed by atoms with Gasteiger partial charge in [-0.1, -0.05) is 30.0 Å². The number of amides is 1. The highest BCUT2D eigenvalue weighted by Gasteiger charge is 2.32. The fourth-order valence-electron chi connectivity index (χ4n) is 3.26. The molecule has 2 aromatic heterocycles. The molecule has 0 radical (unpaired) electrons. The summed E-state index contributed by atoms with van der Waals surface area (Å²) in [5.74, 6) is 0.547. The molecule has 0 spiro atoms. The molecule has 28 heavy (non-hydrogen) atoms. The van der Waals surface area contributed by atoms with Gasteiger partial charge in [-0.05, 0) is 55.5 Å². The monoisotopic (exact) mass is 392 g/mol. The van der Waals surface area contributed by atoms with Gasteiger partial charge in [0.2, 0.25) is 5.91 Å². The lowest BCUT2D eigenvalue weighted by Gasteiger charge is -2.22. The second kappa shape index (κ2) is 8.19. The summed E-state index contributed by atoms with van der Waals surface area (Å²) in [5, 5.41) is 0.846. The second-order valence-corrected chi connectivity index (χ2v) is 8.22. The van der Waals surface area contributed by atoms with Crippen LogP contribution in [0.4, 0.5) is 0 Å². The van der Waals surface area contributed by atoms with Crippen molar-refractivity contribution in [2.75, 3.05) is 5.75 Å². The molecular weight excluding hydrogens is 368 g/mol. The lowest BCUT2D eigenvalue weighted by molar-refractivity contribution is -0.129. The van der Waals surface area contributed by atoms with Gasteiger partial charge in [-0.3, -0.25) is 14.3 Å². The van der Waals surface area contributed by atoms with Gasteiger partial charge in [-0.15, -0.1) is 0 Å². The predicted molar refractivity (Wildman–Crippen MR) is 112 cm³/mol. The zero-order chi connectivity index (χ0) is 19.5. The molecule has 3 aromatic rings. The summed E-state index contributed by atoms with van der Waals surface area (Å²) in [6.07, 6.45) is 9.53. The fraction of sp³-hybridized carbons (Fsp3) is 0.318. The Morgan fingerprint density at radius 2 is 2.11 bits per heavy atom. The van der Waals surface area contributed by atoms with Crippen LogP contribution in [0.15, 0.2) is 60.3 Å². The first-order chi connectivity index (χ1) is 13.6. The van der Waals surface area contributed by atoms with Gasteiger partial charge in [0, 0.05) is 37.4 Å². The first kappa shape index (κ1) is 18.7. The average Bonchev–Trinajstić information content (AvgIpc) is 3.44. The van der Waals surface area contributed by atoms with E-state index in [-0.39, 0.29) is 5.91 Å². The van der Waals surface area contributed by atoms with Crippen LogP contribution in [0.3, 0.4) is 0 Å². The Morgan fingerprint density at radius 1 is 1.25 bits per heavy atom. The Labute approximate surface area is 169 Å².